The number of aryl methyl sites for hydroxylation is 1. The molecule has 0 spiro atoms. The Hall–Kier alpha value is -2.84. The quantitative estimate of drug-likeness (QED) is 0.169. The van der Waals surface area contributed by atoms with Gasteiger partial charge in [-0.05, 0) is 61.0 Å². The van der Waals surface area contributed by atoms with Crippen molar-refractivity contribution in [2.45, 2.75) is 12.1 Å². The fourth-order valence-corrected chi connectivity index (χ4v) is 4.19. The third kappa shape index (κ3) is 5.98. The van der Waals surface area contributed by atoms with Crippen molar-refractivity contribution in [3.8, 4) is 17.1 Å². The van der Waals surface area contributed by atoms with E-state index in [1.54, 1.807) is 30.3 Å². The van der Waals surface area contributed by atoms with Crippen LogP contribution in [0.2, 0.25) is 15.1 Å². The van der Waals surface area contributed by atoms with E-state index in [9.17, 15) is 4.79 Å². The molecule has 0 saturated heterocycles. The number of hydrogen-bond donors (Lipinski definition) is 1. The van der Waals surface area contributed by atoms with E-state index in [1.165, 1.54) is 18.0 Å². The van der Waals surface area contributed by atoms with Crippen LogP contribution in [0.15, 0.2) is 77.0 Å². The molecular weight excluding hydrogens is 513 g/mol. The topological polar surface area (TPSA) is 72.2 Å². The van der Waals surface area contributed by atoms with E-state index in [0.29, 0.717) is 31.6 Å². The Labute approximate surface area is 215 Å². The highest BCUT2D eigenvalue weighted by molar-refractivity contribution is 7.99. The average molecular weight is 531 g/mol. The van der Waals surface area contributed by atoms with Gasteiger partial charge in [-0.3, -0.25) is 9.36 Å². The van der Waals surface area contributed by atoms with Crippen molar-refractivity contribution in [2.24, 2.45) is 5.10 Å². The van der Waals surface area contributed by atoms with E-state index in [0.717, 1.165) is 16.8 Å². The molecule has 0 fully saturated rings. The van der Waals surface area contributed by atoms with E-state index in [2.05, 4.69) is 20.7 Å². The highest BCUT2D eigenvalue weighted by Crippen LogP contribution is 2.29. The highest BCUT2D eigenvalue weighted by atomic mass is 35.5. The summed E-state index contributed by atoms with van der Waals surface area (Å²) in [5.41, 5.74) is 6.11. The Morgan fingerprint density at radius 3 is 2.44 bits per heavy atom. The maximum absolute atomic E-state index is 12.4. The van der Waals surface area contributed by atoms with Gasteiger partial charge in [0.15, 0.2) is 11.0 Å². The summed E-state index contributed by atoms with van der Waals surface area (Å²) in [5, 5.41) is 14.8. The summed E-state index contributed by atoms with van der Waals surface area (Å²) in [4.78, 5) is 12.4. The summed E-state index contributed by atoms with van der Waals surface area (Å²) in [6, 6.07) is 20.5. The van der Waals surface area contributed by atoms with Gasteiger partial charge in [0.25, 0.3) is 5.91 Å². The van der Waals surface area contributed by atoms with Crippen molar-refractivity contribution in [3.05, 3.63) is 92.9 Å². The molecule has 1 N–H and O–H groups in total. The highest BCUT2D eigenvalue weighted by Gasteiger charge is 2.17. The molecule has 1 aromatic heterocycles. The predicted octanol–water partition coefficient (Wildman–Crippen LogP) is 6.45. The second-order valence-corrected chi connectivity index (χ2v) is 9.43. The normalized spacial score (nSPS) is 11.2. The van der Waals surface area contributed by atoms with Crippen LogP contribution in [-0.2, 0) is 4.79 Å². The maximum Gasteiger partial charge on any atom is 0.250 e. The lowest BCUT2D eigenvalue weighted by Gasteiger charge is -2.10. The molecule has 3 aromatic carbocycles. The Bertz CT molecular complexity index is 1340. The van der Waals surface area contributed by atoms with Gasteiger partial charge >= 0.3 is 0 Å². The summed E-state index contributed by atoms with van der Waals surface area (Å²) < 4.78 is 1.92. The van der Waals surface area contributed by atoms with Crippen LogP contribution >= 0.6 is 46.6 Å². The largest absolute Gasteiger partial charge is 0.272 e. The van der Waals surface area contributed by atoms with E-state index >= 15 is 0 Å². The van der Waals surface area contributed by atoms with Crippen molar-refractivity contribution >= 4 is 58.7 Å². The van der Waals surface area contributed by atoms with Gasteiger partial charge in [-0.25, -0.2) is 5.43 Å². The number of rotatable bonds is 7. The molecule has 0 bridgehead atoms. The summed E-state index contributed by atoms with van der Waals surface area (Å²) in [7, 11) is 0. The number of hydrazone groups is 1. The SMILES string of the molecule is Cc1ccc(-n2c(SCC(=O)N/N=C\c3ccc(Cl)c(Cl)c3)nnc2-c2ccc(Cl)cc2)cc1. The van der Waals surface area contributed by atoms with Crippen LogP contribution in [0.25, 0.3) is 17.1 Å². The van der Waals surface area contributed by atoms with Gasteiger partial charge in [-0.1, -0.05) is 70.3 Å². The number of benzene rings is 3. The van der Waals surface area contributed by atoms with Crippen molar-refractivity contribution in [3.63, 3.8) is 0 Å². The van der Waals surface area contributed by atoms with Crippen molar-refractivity contribution in [2.75, 3.05) is 5.75 Å². The van der Waals surface area contributed by atoms with Gasteiger partial charge in [0.1, 0.15) is 0 Å². The minimum absolute atomic E-state index is 0.101. The standard InChI is InChI=1S/C24H18Cl3N5OS/c1-15-2-9-19(10-3-15)32-23(17-5-7-18(25)8-6-17)30-31-24(32)34-14-22(33)29-28-13-16-4-11-20(26)21(27)12-16/h2-13H,14H2,1H3,(H,29,33)/b28-13-. The number of carbonyl (C=O) groups excluding carboxylic acids is 1. The molecule has 4 rings (SSSR count). The lowest BCUT2D eigenvalue weighted by Crippen LogP contribution is -2.20. The molecule has 0 aliphatic heterocycles. The number of hydrogen-bond acceptors (Lipinski definition) is 5. The minimum atomic E-state index is -0.284. The average Bonchev–Trinajstić information content (AvgIpc) is 3.25. The molecule has 0 saturated carbocycles. The Morgan fingerprint density at radius 1 is 1.00 bits per heavy atom. The van der Waals surface area contributed by atoms with E-state index in [-0.39, 0.29) is 11.7 Å². The second-order valence-electron chi connectivity index (χ2n) is 7.24. The molecule has 0 radical (unpaired) electrons. The van der Waals surface area contributed by atoms with Gasteiger partial charge in [0.05, 0.1) is 22.0 Å². The zero-order valence-electron chi connectivity index (χ0n) is 17.9. The van der Waals surface area contributed by atoms with E-state index < -0.39 is 0 Å². The molecular formula is C24H18Cl3N5OS. The predicted molar refractivity (Wildman–Crippen MR) is 139 cm³/mol. The first kappa shape index (κ1) is 24.3. The van der Waals surface area contributed by atoms with Crippen LogP contribution in [0.4, 0.5) is 0 Å². The van der Waals surface area contributed by atoms with Crippen molar-refractivity contribution in [1.82, 2.24) is 20.2 Å². The van der Waals surface area contributed by atoms with Gasteiger partial charge in [0.2, 0.25) is 0 Å². The molecule has 34 heavy (non-hydrogen) atoms. The first-order chi connectivity index (χ1) is 16.4. The minimum Gasteiger partial charge on any atom is -0.272 e. The molecule has 6 nitrogen and oxygen atoms in total. The molecule has 172 valence electrons. The molecule has 0 aliphatic rings. The second kappa shape index (κ2) is 11.1. The van der Waals surface area contributed by atoms with Crippen LogP contribution in [0.3, 0.4) is 0 Å². The molecule has 0 atom stereocenters. The number of amides is 1. The van der Waals surface area contributed by atoms with Crippen LogP contribution < -0.4 is 5.43 Å². The maximum atomic E-state index is 12.4. The van der Waals surface area contributed by atoms with Gasteiger partial charge in [-0.2, -0.15) is 5.10 Å². The lowest BCUT2D eigenvalue weighted by molar-refractivity contribution is -0.118. The third-order valence-corrected chi connectivity index (χ3v) is 6.63. The van der Waals surface area contributed by atoms with Crippen LogP contribution in [-0.4, -0.2) is 32.6 Å². The summed E-state index contributed by atoms with van der Waals surface area (Å²) >= 11 is 19.2. The molecule has 0 unspecified atom stereocenters. The van der Waals surface area contributed by atoms with Crippen LogP contribution in [0.5, 0.6) is 0 Å². The van der Waals surface area contributed by atoms with Crippen LogP contribution in [0.1, 0.15) is 11.1 Å². The van der Waals surface area contributed by atoms with Crippen molar-refractivity contribution in [1.29, 1.82) is 0 Å². The van der Waals surface area contributed by atoms with Gasteiger partial charge in [0, 0.05) is 16.3 Å². The molecule has 4 aromatic rings. The Kier molecular flexibility index (Phi) is 7.90. The smallest absolute Gasteiger partial charge is 0.250 e. The number of halogens is 3. The number of nitrogens with one attached hydrogen (secondary N) is 1. The zero-order valence-corrected chi connectivity index (χ0v) is 21.0. The van der Waals surface area contributed by atoms with Crippen LogP contribution in [0, 0.1) is 6.92 Å². The van der Waals surface area contributed by atoms with Gasteiger partial charge < -0.3 is 0 Å². The summed E-state index contributed by atoms with van der Waals surface area (Å²) in [6.07, 6.45) is 1.50. The lowest BCUT2D eigenvalue weighted by atomic mass is 10.2. The molecule has 1 heterocycles. The fourth-order valence-electron chi connectivity index (χ4n) is 3.01. The molecule has 10 heteroatoms. The first-order valence-corrected chi connectivity index (χ1v) is 12.2. The molecule has 0 aliphatic carbocycles. The number of thioether (sulfide) groups is 1. The third-order valence-electron chi connectivity index (χ3n) is 4.71. The first-order valence-electron chi connectivity index (χ1n) is 10.1. The zero-order chi connectivity index (χ0) is 24.1. The number of carbonyl (C=O) groups is 1. The fraction of sp³-hybridized carbons (Fsp3) is 0.0833. The Morgan fingerprint density at radius 2 is 1.74 bits per heavy atom. The summed E-state index contributed by atoms with van der Waals surface area (Å²) in [5.74, 6) is 0.470. The number of aromatic nitrogens is 3. The number of nitrogens with zero attached hydrogens (tertiary/aromatic N) is 4. The van der Waals surface area contributed by atoms with Gasteiger partial charge in [-0.15, -0.1) is 10.2 Å². The van der Waals surface area contributed by atoms with E-state index in [4.69, 9.17) is 34.8 Å². The summed E-state index contributed by atoms with van der Waals surface area (Å²) in [6.45, 7) is 2.02. The van der Waals surface area contributed by atoms with E-state index in [1.807, 2.05) is 47.9 Å². The monoisotopic (exact) mass is 529 g/mol. The molecule has 1 amide bonds. The van der Waals surface area contributed by atoms with Crippen molar-refractivity contribution < 1.29 is 4.79 Å². The Balaban J connectivity index is 1.50.